The van der Waals surface area contributed by atoms with Gasteiger partial charge in [0.05, 0.1) is 6.54 Å². The molecule has 0 radical (unpaired) electrons. The van der Waals surface area contributed by atoms with Gasteiger partial charge in [0.15, 0.2) is 0 Å². The second kappa shape index (κ2) is 8.35. The summed E-state index contributed by atoms with van der Waals surface area (Å²) in [5, 5.41) is 2.72. The van der Waals surface area contributed by atoms with Crippen LogP contribution >= 0.6 is 0 Å². The third kappa shape index (κ3) is 5.03. The lowest BCUT2D eigenvalue weighted by Crippen LogP contribution is -2.40. The highest BCUT2D eigenvalue weighted by Gasteiger charge is 2.16. The van der Waals surface area contributed by atoms with Crippen LogP contribution in [-0.2, 0) is 16.1 Å². The summed E-state index contributed by atoms with van der Waals surface area (Å²) in [5.41, 5.74) is 1.08. The lowest BCUT2D eigenvalue weighted by atomic mass is 10.0. The molecule has 0 aliphatic rings. The fraction of sp³-hybridized carbons (Fsp3) is 0.500. The second-order valence-corrected chi connectivity index (χ2v) is 4.97. The molecule has 0 heterocycles. The van der Waals surface area contributed by atoms with E-state index in [1.165, 1.54) is 0 Å². The SMILES string of the molecule is CCC(CC)C(=O)NCC(=O)N(C)Cc1ccccc1. The fourth-order valence-electron chi connectivity index (χ4n) is 2.05. The maximum atomic E-state index is 12.0. The van der Waals surface area contributed by atoms with Gasteiger partial charge in [0.1, 0.15) is 0 Å². The first kappa shape index (κ1) is 16.2. The standard InChI is InChI=1S/C16H24N2O2/c1-4-14(5-2)16(20)17-11-15(19)18(3)12-13-9-7-6-8-10-13/h6-10,14H,4-5,11-12H2,1-3H3,(H,17,20). The Labute approximate surface area is 121 Å². The van der Waals surface area contributed by atoms with Crippen molar-refractivity contribution in [3.63, 3.8) is 0 Å². The van der Waals surface area contributed by atoms with Crippen LogP contribution in [-0.4, -0.2) is 30.3 Å². The maximum absolute atomic E-state index is 12.0. The van der Waals surface area contributed by atoms with Gasteiger partial charge < -0.3 is 10.2 Å². The lowest BCUT2D eigenvalue weighted by Gasteiger charge is -2.19. The Hall–Kier alpha value is -1.84. The van der Waals surface area contributed by atoms with Crippen molar-refractivity contribution in [1.29, 1.82) is 0 Å². The molecular weight excluding hydrogens is 252 g/mol. The van der Waals surface area contributed by atoms with Crippen LogP contribution in [0.1, 0.15) is 32.3 Å². The number of nitrogens with one attached hydrogen (secondary N) is 1. The van der Waals surface area contributed by atoms with Crippen LogP contribution in [0.25, 0.3) is 0 Å². The highest BCUT2D eigenvalue weighted by molar-refractivity contribution is 5.85. The third-order valence-corrected chi connectivity index (χ3v) is 3.46. The van der Waals surface area contributed by atoms with Crippen LogP contribution in [0.4, 0.5) is 0 Å². The molecule has 4 nitrogen and oxygen atoms in total. The average molecular weight is 276 g/mol. The molecule has 0 saturated carbocycles. The number of nitrogens with zero attached hydrogens (tertiary/aromatic N) is 1. The minimum absolute atomic E-state index is 0.00206. The van der Waals surface area contributed by atoms with Crippen LogP contribution in [0.15, 0.2) is 30.3 Å². The minimum atomic E-state index is -0.0758. The molecule has 4 heteroatoms. The Kier molecular flexibility index (Phi) is 6.77. The van der Waals surface area contributed by atoms with Crippen molar-refractivity contribution in [1.82, 2.24) is 10.2 Å². The molecule has 1 rings (SSSR count). The average Bonchev–Trinajstić information content (AvgIpc) is 2.47. The van der Waals surface area contributed by atoms with E-state index in [-0.39, 0.29) is 24.3 Å². The van der Waals surface area contributed by atoms with Crippen molar-refractivity contribution >= 4 is 11.8 Å². The van der Waals surface area contributed by atoms with E-state index in [2.05, 4.69) is 5.32 Å². The molecule has 0 unspecified atom stereocenters. The zero-order chi connectivity index (χ0) is 15.0. The van der Waals surface area contributed by atoms with Crippen LogP contribution in [0.3, 0.4) is 0 Å². The lowest BCUT2D eigenvalue weighted by molar-refractivity contribution is -0.133. The van der Waals surface area contributed by atoms with E-state index >= 15 is 0 Å². The first-order valence-electron chi connectivity index (χ1n) is 7.14. The number of carbonyl (C=O) groups is 2. The summed E-state index contributed by atoms with van der Waals surface area (Å²) in [5.74, 6) is -0.105. The molecule has 1 aromatic rings. The Bertz CT molecular complexity index is 427. The topological polar surface area (TPSA) is 49.4 Å². The molecule has 2 amide bonds. The second-order valence-electron chi connectivity index (χ2n) is 4.97. The fourth-order valence-corrected chi connectivity index (χ4v) is 2.05. The van der Waals surface area contributed by atoms with Gasteiger partial charge in [-0.3, -0.25) is 9.59 Å². The van der Waals surface area contributed by atoms with Crippen LogP contribution in [0.2, 0.25) is 0 Å². The quantitative estimate of drug-likeness (QED) is 0.830. The van der Waals surface area contributed by atoms with Crippen molar-refractivity contribution in [2.75, 3.05) is 13.6 Å². The molecule has 0 saturated heterocycles. The van der Waals surface area contributed by atoms with Crippen LogP contribution in [0.5, 0.6) is 0 Å². The molecule has 0 aromatic heterocycles. The largest absolute Gasteiger partial charge is 0.347 e. The highest BCUT2D eigenvalue weighted by atomic mass is 16.2. The first-order chi connectivity index (χ1) is 9.58. The number of hydrogen-bond acceptors (Lipinski definition) is 2. The predicted octanol–water partition coefficient (Wildman–Crippen LogP) is 2.20. The van der Waals surface area contributed by atoms with Crippen molar-refractivity contribution in [3.8, 4) is 0 Å². The number of rotatable bonds is 7. The molecule has 0 atom stereocenters. The monoisotopic (exact) mass is 276 g/mol. The predicted molar refractivity (Wildman–Crippen MR) is 80.0 cm³/mol. The molecule has 110 valence electrons. The normalized spacial score (nSPS) is 10.4. The number of carbonyl (C=O) groups excluding carboxylic acids is 2. The Morgan fingerprint density at radius 2 is 1.75 bits per heavy atom. The summed E-state index contributed by atoms with van der Waals surface area (Å²) in [7, 11) is 1.75. The van der Waals surface area contributed by atoms with Gasteiger partial charge in [0, 0.05) is 19.5 Å². The molecule has 0 aliphatic carbocycles. The summed E-state index contributed by atoms with van der Waals surface area (Å²) >= 11 is 0. The molecule has 0 fully saturated rings. The van der Waals surface area contributed by atoms with Gasteiger partial charge in [-0.1, -0.05) is 44.2 Å². The Morgan fingerprint density at radius 3 is 2.30 bits per heavy atom. The first-order valence-corrected chi connectivity index (χ1v) is 7.14. The van der Waals surface area contributed by atoms with E-state index in [4.69, 9.17) is 0 Å². The zero-order valence-corrected chi connectivity index (χ0v) is 12.6. The van der Waals surface area contributed by atoms with Gasteiger partial charge in [-0.05, 0) is 18.4 Å². The Morgan fingerprint density at radius 1 is 1.15 bits per heavy atom. The van der Waals surface area contributed by atoms with E-state index in [1.54, 1.807) is 11.9 Å². The molecule has 1 aromatic carbocycles. The summed E-state index contributed by atoms with van der Waals surface area (Å²) in [6.07, 6.45) is 1.60. The number of amides is 2. The van der Waals surface area contributed by atoms with E-state index in [0.717, 1.165) is 18.4 Å². The van der Waals surface area contributed by atoms with Crippen molar-refractivity contribution in [2.24, 2.45) is 5.92 Å². The molecule has 0 bridgehead atoms. The summed E-state index contributed by atoms with van der Waals surface area (Å²) in [6, 6.07) is 9.80. The van der Waals surface area contributed by atoms with Gasteiger partial charge in [0.25, 0.3) is 0 Å². The molecule has 1 N–H and O–H groups in total. The van der Waals surface area contributed by atoms with Gasteiger partial charge >= 0.3 is 0 Å². The molecular formula is C16H24N2O2. The van der Waals surface area contributed by atoms with Crippen molar-refractivity contribution in [2.45, 2.75) is 33.2 Å². The summed E-state index contributed by atoms with van der Waals surface area (Å²) in [6.45, 7) is 4.59. The van der Waals surface area contributed by atoms with E-state index in [0.29, 0.717) is 6.54 Å². The molecule has 0 spiro atoms. The van der Waals surface area contributed by atoms with E-state index < -0.39 is 0 Å². The zero-order valence-electron chi connectivity index (χ0n) is 12.6. The Balaban J connectivity index is 2.41. The molecule has 0 aliphatic heterocycles. The van der Waals surface area contributed by atoms with Crippen LogP contribution < -0.4 is 5.32 Å². The van der Waals surface area contributed by atoms with Gasteiger partial charge in [-0.2, -0.15) is 0 Å². The summed E-state index contributed by atoms with van der Waals surface area (Å²) < 4.78 is 0. The highest BCUT2D eigenvalue weighted by Crippen LogP contribution is 2.07. The van der Waals surface area contributed by atoms with Gasteiger partial charge in [-0.25, -0.2) is 0 Å². The van der Waals surface area contributed by atoms with Gasteiger partial charge in [-0.15, -0.1) is 0 Å². The van der Waals surface area contributed by atoms with Crippen molar-refractivity contribution in [3.05, 3.63) is 35.9 Å². The van der Waals surface area contributed by atoms with Crippen LogP contribution in [0, 0.1) is 5.92 Å². The van der Waals surface area contributed by atoms with Gasteiger partial charge in [0.2, 0.25) is 11.8 Å². The van der Waals surface area contributed by atoms with E-state index in [1.807, 2.05) is 44.2 Å². The molecule has 20 heavy (non-hydrogen) atoms. The summed E-state index contributed by atoms with van der Waals surface area (Å²) in [4.78, 5) is 25.4. The number of likely N-dealkylation sites (N-methyl/N-ethyl adjacent to an activating group) is 1. The minimum Gasteiger partial charge on any atom is -0.347 e. The number of hydrogen-bond donors (Lipinski definition) is 1. The number of benzene rings is 1. The van der Waals surface area contributed by atoms with E-state index in [9.17, 15) is 9.59 Å². The smallest absolute Gasteiger partial charge is 0.242 e. The van der Waals surface area contributed by atoms with Crippen molar-refractivity contribution < 1.29 is 9.59 Å². The third-order valence-electron chi connectivity index (χ3n) is 3.46. The maximum Gasteiger partial charge on any atom is 0.242 e.